The van der Waals surface area contributed by atoms with Crippen LogP contribution in [0.1, 0.15) is 34.1 Å². The Labute approximate surface area is 107 Å². The van der Waals surface area contributed by atoms with Crippen LogP contribution in [-0.2, 0) is 0 Å². The number of allylic oxidation sites excluding steroid dienone is 6. The summed E-state index contributed by atoms with van der Waals surface area (Å²) in [6.45, 7) is 8.56. The van der Waals surface area contributed by atoms with E-state index >= 15 is 0 Å². The summed E-state index contributed by atoms with van der Waals surface area (Å²) in [7, 11) is 0. The smallest absolute Gasteiger partial charge is 0.0300 e. The number of rotatable bonds is 1. The fraction of sp³-hybridized carbons (Fsp3) is 0.600. The molecule has 0 atom stereocenters. The maximum Gasteiger partial charge on any atom is 0.0300 e. The van der Waals surface area contributed by atoms with Crippen LogP contribution in [0.15, 0.2) is 36.1 Å². The van der Waals surface area contributed by atoms with Crippen LogP contribution in [0.4, 0.5) is 0 Å². The highest BCUT2D eigenvalue weighted by Crippen LogP contribution is 2.14. The molecular formula is C15H28N2. The van der Waals surface area contributed by atoms with Crippen LogP contribution in [0.25, 0.3) is 0 Å². The minimum atomic E-state index is 0. The molecule has 0 saturated carbocycles. The molecule has 0 aromatic heterocycles. The first-order valence-electron chi connectivity index (χ1n) is 6.45. The van der Waals surface area contributed by atoms with E-state index in [0.29, 0.717) is 0 Å². The lowest BCUT2D eigenvalue weighted by Gasteiger charge is -2.31. The van der Waals surface area contributed by atoms with Crippen LogP contribution in [0.5, 0.6) is 0 Å². The third-order valence-corrected chi connectivity index (χ3v) is 2.74. The van der Waals surface area contributed by atoms with Crippen LogP contribution in [0.3, 0.4) is 0 Å². The van der Waals surface area contributed by atoms with Crippen molar-refractivity contribution >= 4 is 0 Å². The average molecular weight is 236 g/mol. The molecule has 1 fully saturated rings. The third-order valence-electron chi connectivity index (χ3n) is 2.74. The molecule has 2 rings (SSSR count). The van der Waals surface area contributed by atoms with Gasteiger partial charge in [-0.1, -0.05) is 45.6 Å². The standard InChI is InChI=1S/C12H18N2.C2H6.CH4/c1-2-4-6-12(7-5-3-1)14-10-8-13-9-11-14;1-2;/h1-4,6,13H,5,7-11H2;1-2H3;1H4/b3-1+,4-2-,12-6+;;. The Hall–Kier alpha value is -1.02. The number of nitrogens with one attached hydrogen (secondary N) is 1. The average Bonchev–Trinajstić information content (AvgIpc) is 2.32. The second-order valence-electron chi connectivity index (χ2n) is 3.75. The van der Waals surface area contributed by atoms with Crippen molar-refractivity contribution in [3.05, 3.63) is 36.1 Å². The van der Waals surface area contributed by atoms with Gasteiger partial charge in [0.15, 0.2) is 0 Å². The van der Waals surface area contributed by atoms with E-state index in [-0.39, 0.29) is 7.43 Å². The lowest BCUT2D eigenvalue weighted by Crippen LogP contribution is -2.42. The summed E-state index contributed by atoms with van der Waals surface area (Å²) in [5.41, 5.74) is 1.49. The molecule has 1 N–H and O–H groups in total. The van der Waals surface area contributed by atoms with E-state index < -0.39 is 0 Å². The summed E-state index contributed by atoms with van der Waals surface area (Å²) in [5.74, 6) is 0. The molecule has 0 unspecified atom stereocenters. The number of piperazine rings is 1. The molecule has 0 spiro atoms. The molecule has 1 heterocycles. The van der Waals surface area contributed by atoms with Gasteiger partial charge in [0.25, 0.3) is 0 Å². The van der Waals surface area contributed by atoms with Gasteiger partial charge in [-0.25, -0.2) is 0 Å². The highest BCUT2D eigenvalue weighted by Gasteiger charge is 2.11. The first kappa shape index (κ1) is 16.0. The van der Waals surface area contributed by atoms with Crippen molar-refractivity contribution in [1.82, 2.24) is 10.2 Å². The number of hydrogen-bond donors (Lipinski definition) is 1. The van der Waals surface area contributed by atoms with Gasteiger partial charge < -0.3 is 10.2 Å². The molecule has 17 heavy (non-hydrogen) atoms. The Balaban J connectivity index is 0.000000811. The second kappa shape index (κ2) is 10.2. The largest absolute Gasteiger partial charge is 0.372 e. The molecule has 0 bridgehead atoms. The van der Waals surface area contributed by atoms with Crippen molar-refractivity contribution in [3.8, 4) is 0 Å². The third kappa shape index (κ3) is 5.73. The number of nitrogens with zero attached hydrogens (tertiary/aromatic N) is 1. The van der Waals surface area contributed by atoms with Gasteiger partial charge in [0.1, 0.15) is 0 Å². The van der Waals surface area contributed by atoms with Gasteiger partial charge in [-0.05, 0) is 18.9 Å². The summed E-state index contributed by atoms with van der Waals surface area (Å²) in [5, 5.41) is 3.38. The van der Waals surface area contributed by atoms with Gasteiger partial charge >= 0.3 is 0 Å². The van der Waals surface area contributed by atoms with E-state index in [1.165, 1.54) is 18.5 Å². The van der Waals surface area contributed by atoms with E-state index in [4.69, 9.17) is 0 Å². The monoisotopic (exact) mass is 236 g/mol. The van der Waals surface area contributed by atoms with Crippen molar-refractivity contribution < 1.29 is 0 Å². The minimum Gasteiger partial charge on any atom is -0.372 e. The highest BCUT2D eigenvalue weighted by molar-refractivity contribution is 5.19. The second-order valence-corrected chi connectivity index (χ2v) is 3.75. The Kier molecular flexibility index (Phi) is 9.55. The molecular weight excluding hydrogens is 208 g/mol. The Bertz CT molecular complexity index is 258. The molecule has 2 aliphatic rings. The van der Waals surface area contributed by atoms with Gasteiger partial charge in [0.2, 0.25) is 0 Å². The fourth-order valence-electron chi connectivity index (χ4n) is 1.94. The van der Waals surface area contributed by atoms with Gasteiger partial charge in [-0.3, -0.25) is 0 Å². The first-order valence-corrected chi connectivity index (χ1v) is 6.45. The number of hydrogen-bond acceptors (Lipinski definition) is 2. The lowest BCUT2D eigenvalue weighted by molar-refractivity contribution is 0.290. The van der Waals surface area contributed by atoms with E-state index in [9.17, 15) is 0 Å². The quantitative estimate of drug-likeness (QED) is 0.751. The highest BCUT2D eigenvalue weighted by atomic mass is 15.2. The zero-order chi connectivity index (χ0) is 11.6. The summed E-state index contributed by atoms with van der Waals surface area (Å²) >= 11 is 0. The SMILES string of the molecule is C.C1=C\C=C(\N2CCNCC2)CC/C=C/1.CC. The fourth-order valence-corrected chi connectivity index (χ4v) is 1.94. The molecule has 0 aromatic carbocycles. The predicted molar refractivity (Wildman–Crippen MR) is 78.1 cm³/mol. The Morgan fingerprint density at radius 2 is 1.76 bits per heavy atom. The van der Waals surface area contributed by atoms with Crippen molar-refractivity contribution in [2.75, 3.05) is 26.2 Å². The molecule has 98 valence electrons. The molecule has 0 aromatic rings. The summed E-state index contributed by atoms with van der Waals surface area (Å²) in [6, 6.07) is 0. The normalized spacial score (nSPS) is 26.0. The molecule has 1 aliphatic heterocycles. The van der Waals surface area contributed by atoms with Crippen molar-refractivity contribution in [1.29, 1.82) is 0 Å². The van der Waals surface area contributed by atoms with Crippen LogP contribution in [-0.4, -0.2) is 31.1 Å². The van der Waals surface area contributed by atoms with E-state index in [0.717, 1.165) is 26.2 Å². The summed E-state index contributed by atoms with van der Waals surface area (Å²) in [6.07, 6.45) is 13.2. The molecule has 2 heteroatoms. The van der Waals surface area contributed by atoms with Crippen LogP contribution in [0.2, 0.25) is 0 Å². The Morgan fingerprint density at radius 3 is 2.47 bits per heavy atom. The van der Waals surface area contributed by atoms with Crippen LogP contribution >= 0.6 is 0 Å². The molecule has 1 saturated heterocycles. The molecule has 1 aliphatic carbocycles. The maximum atomic E-state index is 3.38. The lowest BCUT2D eigenvalue weighted by atomic mass is 10.1. The van der Waals surface area contributed by atoms with E-state index in [2.05, 4.69) is 40.6 Å². The van der Waals surface area contributed by atoms with Gasteiger partial charge in [0, 0.05) is 31.9 Å². The zero-order valence-corrected chi connectivity index (χ0v) is 10.6. The summed E-state index contributed by atoms with van der Waals surface area (Å²) < 4.78 is 0. The molecule has 0 amide bonds. The maximum absolute atomic E-state index is 3.38. The summed E-state index contributed by atoms with van der Waals surface area (Å²) in [4.78, 5) is 2.50. The van der Waals surface area contributed by atoms with Crippen molar-refractivity contribution in [3.63, 3.8) is 0 Å². The van der Waals surface area contributed by atoms with Gasteiger partial charge in [-0.15, -0.1) is 0 Å². The first-order chi connectivity index (χ1) is 7.97. The van der Waals surface area contributed by atoms with Gasteiger partial charge in [-0.2, -0.15) is 0 Å². The predicted octanol–water partition coefficient (Wildman–Crippen LogP) is 3.34. The van der Waals surface area contributed by atoms with Crippen molar-refractivity contribution in [2.24, 2.45) is 0 Å². The zero-order valence-electron chi connectivity index (χ0n) is 10.6. The topological polar surface area (TPSA) is 15.3 Å². The van der Waals surface area contributed by atoms with Crippen molar-refractivity contribution in [2.45, 2.75) is 34.1 Å². The van der Waals surface area contributed by atoms with Crippen LogP contribution in [0, 0.1) is 0 Å². The molecule has 0 radical (unpaired) electrons. The molecule has 2 nitrogen and oxygen atoms in total. The van der Waals surface area contributed by atoms with E-state index in [1.807, 2.05) is 13.8 Å². The van der Waals surface area contributed by atoms with Gasteiger partial charge in [0.05, 0.1) is 0 Å². The Morgan fingerprint density at radius 1 is 1.06 bits per heavy atom. The van der Waals surface area contributed by atoms with Crippen LogP contribution < -0.4 is 5.32 Å². The minimum absolute atomic E-state index is 0. The van der Waals surface area contributed by atoms with E-state index in [1.54, 1.807) is 0 Å².